The molecule has 0 aromatic carbocycles. The summed E-state index contributed by atoms with van der Waals surface area (Å²) >= 11 is 0. The molecule has 0 amide bonds. The molecule has 11 atom stereocenters. The number of hydrogen-bond donors (Lipinski definition) is 5. The number of fused-ring (bicyclic) bond motifs is 5. The van der Waals surface area contributed by atoms with Crippen LogP contribution in [0.15, 0.2) is 5.11 Å². The Bertz CT molecular complexity index is 822. The topological polar surface area (TPSA) is 173 Å². The van der Waals surface area contributed by atoms with Gasteiger partial charge in [0.1, 0.15) is 0 Å². The van der Waals surface area contributed by atoms with Gasteiger partial charge in [-0.2, -0.15) is 0 Å². The van der Waals surface area contributed by atoms with Crippen molar-refractivity contribution in [3.63, 3.8) is 0 Å². The summed E-state index contributed by atoms with van der Waals surface area (Å²) in [6.45, 7) is 7.98. The Hall–Kier alpha value is -1.38. The van der Waals surface area contributed by atoms with Gasteiger partial charge in [-0.15, -0.1) is 0 Å². The van der Waals surface area contributed by atoms with E-state index in [2.05, 4.69) is 30.8 Å². The lowest BCUT2D eigenvalue weighted by Gasteiger charge is -2.63. The van der Waals surface area contributed by atoms with Crippen molar-refractivity contribution in [1.82, 2.24) is 0 Å². The molecule has 4 aliphatic carbocycles. The average molecular weight is 523 g/mol. The van der Waals surface area contributed by atoms with Crippen molar-refractivity contribution < 1.29 is 25.2 Å². The summed E-state index contributed by atoms with van der Waals surface area (Å²) < 4.78 is 0. The van der Waals surface area contributed by atoms with Gasteiger partial charge >= 0.3 is 5.97 Å². The molecule has 4 rings (SSSR count). The number of aliphatic carboxylic acids is 1. The number of aliphatic hydroxyl groups excluding tert-OH is 3. The van der Waals surface area contributed by atoms with Crippen LogP contribution in [0.25, 0.3) is 10.4 Å². The minimum atomic E-state index is -0.748. The number of carbonyl (C=O) groups is 1. The zero-order valence-electron chi connectivity index (χ0n) is 23.0. The fourth-order valence-corrected chi connectivity index (χ4v) is 9.06. The molecule has 0 aromatic rings. The minimum absolute atomic E-state index is 0.0957. The maximum Gasteiger partial charge on any atom is 0.303 e. The fourth-order valence-electron chi connectivity index (χ4n) is 9.06. The highest BCUT2D eigenvalue weighted by atomic mass is 16.4. The molecule has 37 heavy (non-hydrogen) atoms. The largest absolute Gasteiger partial charge is 0.481 e. The molecular weight excluding hydrogens is 472 g/mol. The van der Waals surface area contributed by atoms with E-state index in [9.17, 15) is 20.1 Å². The zero-order valence-corrected chi connectivity index (χ0v) is 23.0. The number of nitrogens with zero attached hydrogens (tertiary/aromatic N) is 3. The van der Waals surface area contributed by atoms with E-state index in [-0.39, 0.29) is 41.3 Å². The van der Waals surface area contributed by atoms with E-state index >= 15 is 0 Å². The first kappa shape index (κ1) is 30.2. The van der Waals surface area contributed by atoms with Gasteiger partial charge in [-0.25, -0.2) is 0 Å². The number of aliphatic hydroxyl groups is 3. The van der Waals surface area contributed by atoms with E-state index in [1.807, 2.05) is 0 Å². The summed E-state index contributed by atoms with van der Waals surface area (Å²) in [4.78, 5) is 13.7. The summed E-state index contributed by atoms with van der Waals surface area (Å²) in [5, 5.41) is 45.4. The molecule has 4 saturated carbocycles. The molecule has 4 aliphatic rings. The second-order valence-corrected chi connectivity index (χ2v) is 12.9. The first-order valence-corrected chi connectivity index (χ1v) is 14.5. The van der Waals surface area contributed by atoms with Crippen LogP contribution in [0.5, 0.6) is 0 Å². The van der Waals surface area contributed by atoms with Crippen LogP contribution in [-0.2, 0) is 4.79 Å². The van der Waals surface area contributed by atoms with Gasteiger partial charge in [-0.3, -0.25) is 4.79 Å². The fraction of sp³-hybridized carbons (Fsp3) is 0.964. The number of azide groups is 1. The Balaban J connectivity index is 0.000000414. The quantitative estimate of drug-likeness (QED) is 0.136. The molecule has 4 fully saturated rings. The highest BCUT2D eigenvalue weighted by Gasteiger charge is 2.65. The molecule has 9 nitrogen and oxygen atoms in total. The summed E-state index contributed by atoms with van der Waals surface area (Å²) in [6, 6.07) is 0. The molecule has 9 heteroatoms. The van der Waals surface area contributed by atoms with Crippen molar-refractivity contribution in [1.29, 1.82) is 0 Å². The molecule has 0 saturated heterocycles. The number of nitrogens with two attached hydrogens (primary N) is 1. The number of carboxylic acid groups (broad SMARTS) is 1. The summed E-state index contributed by atoms with van der Waals surface area (Å²) in [5.74, 6) is 0.997. The lowest BCUT2D eigenvalue weighted by Crippen LogP contribution is -2.62. The molecule has 0 bridgehead atoms. The predicted molar refractivity (Wildman–Crippen MR) is 142 cm³/mol. The van der Waals surface area contributed by atoms with Gasteiger partial charge in [0.05, 0.1) is 18.3 Å². The number of unbranched alkanes of at least 4 members (excludes halogenated alkanes) is 1. The lowest BCUT2D eigenvalue weighted by atomic mass is 9.43. The standard InChI is InChI=1S/C24H40O5.C4H10N4/c1-13(4-7-21(28)29)16-5-6-17-22-18(12-20(27)24(16,17)3)23(2)9-8-15(25)10-14(23)11-19(22)26;5-3-1-2-4-7-8-6/h13-20,22,25-27H,4-12H2,1-3H3,(H,28,29);1-5H2/t13-,14+,15-,16-,17?,18?,19-,20+,22?,23+,24-;/m1./s1. The Labute approximate surface area is 221 Å². The summed E-state index contributed by atoms with van der Waals surface area (Å²) in [7, 11) is 0. The van der Waals surface area contributed by atoms with Gasteiger partial charge in [-0.1, -0.05) is 25.9 Å². The van der Waals surface area contributed by atoms with E-state index in [1.54, 1.807) is 0 Å². The number of carboxylic acids is 1. The highest BCUT2D eigenvalue weighted by molar-refractivity contribution is 5.66. The van der Waals surface area contributed by atoms with Gasteiger partial charge in [0.15, 0.2) is 0 Å². The van der Waals surface area contributed by atoms with Gasteiger partial charge in [-0.05, 0) is 123 Å². The van der Waals surface area contributed by atoms with E-state index < -0.39 is 12.1 Å². The Kier molecular flexibility index (Phi) is 10.3. The predicted octanol–water partition coefficient (Wildman–Crippen LogP) is 4.48. The molecule has 6 N–H and O–H groups in total. The van der Waals surface area contributed by atoms with Crippen LogP contribution in [0.4, 0.5) is 0 Å². The molecule has 0 aliphatic heterocycles. The first-order valence-electron chi connectivity index (χ1n) is 14.5. The van der Waals surface area contributed by atoms with Crippen molar-refractivity contribution in [2.75, 3.05) is 13.1 Å². The maximum absolute atomic E-state index is 11.5. The second kappa shape index (κ2) is 12.6. The summed E-state index contributed by atoms with van der Waals surface area (Å²) in [6.07, 6.45) is 7.85. The van der Waals surface area contributed by atoms with Crippen LogP contribution >= 0.6 is 0 Å². The lowest BCUT2D eigenvalue weighted by molar-refractivity contribution is -0.207. The van der Waals surface area contributed by atoms with Gasteiger partial charge in [0, 0.05) is 17.9 Å². The molecule has 212 valence electrons. The second-order valence-electron chi connectivity index (χ2n) is 12.9. The Morgan fingerprint density at radius 3 is 2.49 bits per heavy atom. The molecule has 0 heterocycles. The smallest absolute Gasteiger partial charge is 0.303 e. The normalized spacial score (nSPS) is 43.2. The molecule has 0 radical (unpaired) electrons. The van der Waals surface area contributed by atoms with E-state index in [1.165, 1.54) is 0 Å². The van der Waals surface area contributed by atoms with Crippen LogP contribution in [0.2, 0.25) is 0 Å². The van der Waals surface area contributed by atoms with Crippen LogP contribution < -0.4 is 5.73 Å². The van der Waals surface area contributed by atoms with Crippen molar-refractivity contribution in [2.24, 2.45) is 57.2 Å². The third kappa shape index (κ3) is 6.11. The third-order valence-electron chi connectivity index (χ3n) is 11.1. The van der Waals surface area contributed by atoms with Crippen LogP contribution in [0, 0.1) is 46.3 Å². The molecular formula is C28H50N4O5. The SMILES string of the molecule is C[C@H](CCC(=O)O)[C@H]1CCC2C3C(C[C@H](O)[C@@]21C)[C@@]1(C)CC[C@@H](O)C[C@H]1C[C@H]3O.[N-]=[N+]=NCCCCN. The van der Waals surface area contributed by atoms with E-state index in [4.69, 9.17) is 16.4 Å². The van der Waals surface area contributed by atoms with Crippen molar-refractivity contribution in [3.8, 4) is 0 Å². The minimum Gasteiger partial charge on any atom is -0.481 e. The van der Waals surface area contributed by atoms with Gasteiger partial charge in [0.2, 0.25) is 0 Å². The number of rotatable bonds is 8. The Morgan fingerprint density at radius 2 is 1.84 bits per heavy atom. The molecule has 3 unspecified atom stereocenters. The Morgan fingerprint density at radius 1 is 1.11 bits per heavy atom. The van der Waals surface area contributed by atoms with Crippen molar-refractivity contribution in [3.05, 3.63) is 10.4 Å². The highest BCUT2D eigenvalue weighted by Crippen LogP contribution is 2.68. The third-order valence-corrected chi connectivity index (χ3v) is 11.1. The first-order chi connectivity index (χ1) is 17.5. The van der Waals surface area contributed by atoms with Gasteiger partial charge < -0.3 is 26.2 Å². The molecule has 0 aromatic heterocycles. The number of hydrogen-bond acceptors (Lipinski definition) is 6. The van der Waals surface area contributed by atoms with E-state index in [0.29, 0.717) is 43.2 Å². The van der Waals surface area contributed by atoms with Crippen LogP contribution in [0.1, 0.15) is 91.4 Å². The maximum atomic E-state index is 11.5. The van der Waals surface area contributed by atoms with Crippen molar-refractivity contribution >= 4 is 5.97 Å². The monoisotopic (exact) mass is 522 g/mol. The molecule has 0 spiro atoms. The van der Waals surface area contributed by atoms with E-state index in [0.717, 1.165) is 57.8 Å². The van der Waals surface area contributed by atoms with Crippen LogP contribution in [0.3, 0.4) is 0 Å². The zero-order chi connectivity index (χ0) is 27.4. The van der Waals surface area contributed by atoms with Gasteiger partial charge in [0.25, 0.3) is 0 Å². The van der Waals surface area contributed by atoms with Crippen LogP contribution in [-0.4, -0.2) is 57.8 Å². The summed E-state index contributed by atoms with van der Waals surface area (Å²) in [5.41, 5.74) is 12.8. The van der Waals surface area contributed by atoms with Crippen molar-refractivity contribution in [2.45, 2.75) is 110 Å². The average Bonchev–Trinajstić information content (AvgIpc) is 3.21.